The molecule has 3 rings (SSSR count). The van der Waals surface area contributed by atoms with E-state index in [-0.39, 0.29) is 24.0 Å². The predicted octanol–water partition coefficient (Wildman–Crippen LogP) is 3.90. The van der Waals surface area contributed by atoms with E-state index in [0.29, 0.717) is 22.9 Å². The molecule has 0 N–H and O–H groups in total. The second-order valence-electron chi connectivity index (χ2n) is 5.41. The molecule has 3 nitrogen and oxygen atoms in total. The first-order valence-electron chi connectivity index (χ1n) is 7.15. The average molecular weight is 315 g/mol. The monoisotopic (exact) mass is 314 g/mol. The Morgan fingerprint density at radius 2 is 2.00 bits per heavy atom. The molecule has 0 aromatic heterocycles. The molecular weight excluding hydrogens is 300 g/mol. The highest BCUT2D eigenvalue weighted by atomic mass is 35.5. The molecule has 0 radical (unpaired) electrons. The van der Waals surface area contributed by atoms with Crippen LogP contribution < -0.4 is 4.74 Å². The van der Waals surface area contributed by atoms with Crippen molar-refractivity contribution in [3.63, 3.8) is 0 Å². The fourth-order valence-electron chi connectivity index (χ4n) is 2.82. The standard InChI is InChI=1S/C18H15ClO3/c19-14-6-7-18-15(9-14)16(10-20)13(11-22-18)8-17(21)12-4-2-1-3-5-12/h1-7,9-10,13,16H,8,11H2. The van der Waals surface area contributed by atoms with Crippen LogP contribution in [0, 0.1) is 5.92 Å². The van der Waals surface area contributed by atoms with Crippen LogP contribution in [0.1, 0.15) is 28.3 Å². The van der Waals surface area contributed by atoms with Crippen LogP contribution in [0.2, 0.25) is 5.02 Å². The normalized spacial score (nSPS) is 19.9. The number of ether oxygens (including phenoxy) is 1. The van der Waals surface area contributed by atoms with E-state index in [2.05, 4.69) is 0 Å². The Labute approximate surface area is 133 Å². The van der Waals surface area contributed by atoms with Gasteiger partial charge >= 0.3 is 0 Å². The Morgan fingerprint density at radius 1 is 1.23 bits per heavy atom. The van der Waals surface area contributed by atoms with Crippen molar-refractivity contribution in [1.82, 2.24) is 0 Å². The molecule has 22 heavy (non-hydrogen) atoms. The summed E-state index contributed by atoms with van der Waals surface area (Å²) in [4.78, 5) is 23.9. The first-order valence-corrected chi connectivity index (χ1v) is 7.52. The predicted molar refractivity (Wildman–Crippen MR) is 84.6 cm³/mol. The third-order valence-corrected chi connectivity index (χ3v) is 4.22. The van der Waals surface area contributed by atoms with Crippen molar-refractivity contribution in [2.24, 2.45) is 5.92 Å². The summed E-state index contributed by atoms with van der Waals surface area (Å²) in [7, 11) is 0. The molecule has 0 amide bonds. The summed E-state index contributed by atoms with van der Waals surface area (Å²) in [6.07, 6.45) is 1.17. The smallest absolute Gasteiger partial charge is 0.163 e. The molecule has 1 aliphatic rings. The molecule has 2 aromatic carbocycles. The average Bonchev–Trinajstić information content (AvgIpc) is 2.55. The van der Waals surface area contributed by atoms with Gasteiger partial charge in [0.25, 0.3) is 0 Å². The molecule has 2 atom stereocenters. The van der Waals surface area contributed by atoms with Gasteiger partial charge in [0.1, 0.15) is 12.0 Å². The van der Waals surface area contributed by atoms with E-state index < -0.39 is 0 Å². The van der Waals surface area contributed by atoms with Gasteiger partial charge in [0.15, 0.2) is 5.78 Å². The van der Waals surface area contributed by atoms with E-state index >= 15 is 0 Å². The summed E-state index contributed by atoms with van der Waals surface area (Å²) >= 11 is 6.01. The van der Waals surface area contributed by atoms with E-state index in [1.165, 1.54) is 0 Å². The van der Waals surface area contributed by atoms with Crippen LogP contribution in [-0.2, 0) is 4.79 Å². The molecule has 0 spiro atoms. The number of Topliss-reactive ketones (excluding diaryl/α,β-unsaturated/α-hetero) is 1. The van der Waals surface area contributed by atoms with Crippen LogP contribution >= 0.6 is 11.6 Å². The minimum Gasteiger partial charge on any atom is -0.493 e. The molecule has 2 aromatic rings. The minimum atomic E-state index is -0.366. The van der Waals surface area contributed by atoms with Crippen LogP contribution in [-0.4, -0.2) is 18.7 Å². The van der Waals surface area contributed by atoms with E-state index in [9.17, 15) is 9.59 Å². The van der Waals surface area contributed by atoms with Crippen molar-refractivity contribution in [3.05, 3.63) is 64.7 Å². The number of benzene rings is 2. The number of rotatable bonds is 4. The van der Waals surface area contributed by atoms with Crippen molar-refractivity contribution in [3.8, 4) is 5.75 Å². The molecule has 0 saturated carbocycles. The molecule has 0 aliphatic carbocycles. The summed E-state index contributed by atoms with van der Waals surface area (Å²) in [6.45, 7) is 0.358. The third kappa shape index (κ3) is 2.90. The molecule has 0 saturated heterocycles. The van der Waals surface area contributed by atoms with Gasteiger partial charge in [-0.2, -0.15) is 0 Å². The van der Waals surface area contributed by atoms with E-state index in [4.69, 9.17) is 16.3 Å². The summed E-state index contributed by atoms with van der Waals surface area (Å²) in [6, 6.07) is 14.3. The van der Waals surface area contributed by atoms with Gasteiger partial charge < -0.3 is 9.53 Å². The molecule has 1 heterocycles. The fourth-order valence-corrected chi connectivity index (χ4v) is 3.00. The van der Waals surface area contributed by atoms with Gasteiger partial charge in [-0.05, 0) is 18.2 Å². The van der Waals surface area contributed by atoms with Crippen LogP contribution in [0.25, 0.3) is 0 Å². The van der Waals surface area contributed by atoms with E-state index in [1.54, 1.807) is 30.3 Å². The largest absolute Gasteiger partial charge is 0.493 e. The van der Waals surface area contributed by atoms with Crippen LogP contribution in [0.3, 0.4) is 0 Å². The van der Waals surface area contributed by atoms with Gasteiger partial charge in [-0.3, -0.25) is 4.79 Å². The zero-order valence-electron chi connectivity index (χ0n) is 11.9. The van der Waals surface area contributed by atoms with E-state index in [0.717, 1.165) is 11.8 Å². The van der Waals surface area contributed by atoms with Crippen molar-refractivity contribution >= 4 is 23.7 Å². The SMILES string of the molecule is O=CC1c2cc(Cl)ccc2OCC1CC(=O)c1ccccc1. The van der Waals surface area contributed by atoms with Crippen molar-refractivity contribution in [1.29, 1.82) is 0 Å². The van der Waals surface area contributed by atoms with Gasteiger partial charge in [-0.15, -0.1) is 0 Å². The lowest BCUT2D eigenvalue weighted by atomic mass is 9.81. The zero-order chi connectivity index (χ0) is 15.5. The Balaban J connectivity index is 1.83. The van der Waals surface area contributed by atoms with E-state index in [1.807, 2.05) is 18.2 Å². The highest BCUT2D eigenvalue weighted by Crippen LogP contribution is 2.39. The van der Waals surface area contributed by atoms with Crippen molar-refractivity contribution in [2.45, 2.75) is 12.3 Å². The molecule has 4 heteroatoms. The van der Waals surface area contributed by atoms with Crippen LogP contribution in [0.5, 0.6) is 5.75 Å². The summed E-state index contributed by atoms with van der Waals surface area (Å²) in [5.74, 6) is 0.155. The van der Waals surface area contributed by atoms with Gasteiger partial charge in [0, 0.05) is 34.4 Å². The maximum absolute atomic E-state index is 12.4. The quantitative estimate of drug-likeness (QED) is 0.635. The van der Waals surface area contributed by atoms with Gasteiger partial charge in [-0.25, -0.2) is 0 Å². The number of fused-ring (bicyclic) bond motifs is 1. The highest BCUT2D eigenvalue weighted by Gasteiger charge is 2.32. The summed E-state index contributed by atoms with van der Waals surface area (Å²) < 4.78 is 5.69. The topological polar surface area (TPSA) is 43.4 Å². The number of aldehydes is 1. The number of carbonyl (C=O) groups is 2. The molecular formula is C18H15ClO3. The first-order chi connectivity index (χ1) is 10.7. The second kappa shape index (κ2) is 6.32. The lowest BCUT2D eigenvalue weighted by molar-refractivity contribution is -0.110. The summed E-state index contributed by atoms with van der Waals surface area (Å²) in [5, 5.41) is 0.559. The number of ketones is 1. The third-order valence-electron chi connectivity index (χ3n) is 3.98. The molecule has 2 unspecified atom stereocenters. The maximum atomic E-state index is 12.4. The second-order valence-corrected chi connectivity index (χ2v) is 5.84. The van der Waals surface area contributed by atoms with Gasteiger partial charge in [-0.1, -0.05) is 41.9 Å². The van der Waals surface area contributed by atoms with Crippen molar-refractivity contribution in [2.75, 3.05) is 6.61 Å². The Kier molecular flexibility index (Phi) is 4.25. The Morgan fingerprint density at radius 3 is 2.73 bits per heavy atom. The lowest BCUT2D eigenvalue weighted by Gasteiger charge is -2.30. The lowest BCUT2D eigenvalue weighted by Crippen LogP contribution is -2.29. The number of carbonyl (C=O) groups excluding carboxylic acids is 2. The summed E-state index contributed by atoms with van der Waals surface area (Å²) in [5.41, 5.74) is 1.42. The number of halogens is 1. The molecule has 0 fully saturated rings. The highest BCUT2D eigenvalue weighted by molar-refractivity contribution is 6.30. The molecule has 112 valence electrons. The number of hydrogen-bond donors (Lipinski definition) is 0. The van der Waals surface area contributed by atoms with Crippen LogP contribution in [0.4, 0.5) is 0 Å². The fraction of sp³-hybridized carbons (Fsp3) is 0.222. The minimum absolute atomic E-state index is 0.0199. The zero-order valence-corrected chi connectivity index (χ0v) is 12.6. The van der Waals surface area contributed by atoms with Crippen LogP contribution in [0.15, 0.2) is 48.5 Å². The van der Waals surface area contributed by atoms with Crippen molar-refractivity contribution < 1.29 is 14.3 Å². The molecule has 0 bridgehead atoms. The Bertz CT molecular complexity index is 697. The number of hydrogen-bond acceptors (Lipinski definition) is 3. The van der Waals surface area contributed by atoms with Gasteiger partial charge in [0.2, 0.25) is 0 Å². The first kappa shape index (κ1) is 14.8. The molecule has 1 aliphatic heterocycles. The Hall–Kier alpha value is -2.13. The van der Waals surface area contributed by atoms with Gasteiger partial charge in [0.05, 0.1) is 6.61 Å². The maximum Gasteiger partial charge on any atom is 0.163 e.